The zero-order valence-electron chi connectivity index (χ0n) is 27.6. The molecule has 2 aliphatic carbocycles. The van der Waals surface area contributed by atoms with Crippen LogP contribution < -0.4 is 0 Å². The normalized spacial score (nSPS) is 16.2. The fourth-order valence-electron chi connectivity index (χ4n) is 7.70. The van der Waals surface area contributed by atoms with Crippen LogP contribution in [0.5, 0.6) is 0 Å². The number of furan rings is 1. The topological polar surface area (TPSA) is 51.8 Å². The van der Waals surface area contributed by atoms with Crippen LogP contribution in [0.3, 0.4) is 0 Å². The predicted octanol–water partition coefficient (Wildman–Crippen LogP) is 11.7. The molecule has 0 fully saturated rings. The van der Waals surface area contributed by atoms with Gasteiger partial charge in [0.15, 0.2) is 17.5 Å². The van der Waals surface area contributed by atoms with Crippen molar-refractivity contribution in [2.75, 3.05) is 0 Å². The van der Waals surface area contributed by atoms with E-state index in [0.29, 0.717) is 29.3 Å². The van der Waals surface area contributed by atoms with Gasteiger partial charge in [0.1, 0.15) is 11.2 Å². The molecule has 4 nitrogen and oxygen atoms in total. The minimum atomic E-state index is 0.337. The van der Waals surface area contributed by atoms with E-state index in [2.05, 4.69) is 103 Å². The molecule has 0 spiro atoms. The molecule has 0 N–H and O–H groups in total. The van der Waals surface area contributed by atoms with E-state index >= 15 is 0 Å². The van der Waals surface area contributed by atoms with Gasteiger partial charge in [-0.25, -0.2) is 15.0 Å². The lowest BCUT2D eigenvalue weighted by molar-refractivity contribution is 0.669. The third-order valence-corrected chi connectivity index (χ3v) is 10.1. The van der Waals surface area contributed by atoms with E-state index in [1.165, 1.54) is 22.3 Å². The second kappa shape index (κ2) is 12.0. The van der Waals surface area contributed by atoms with Gasteiger partial charge in [-0.15, -0.1) is 0 Å². The zero-order chi connectivity index (χ0) is 33.7. The standard InChI is InChI=1S/C47H31N3O/c1-3-13-32(14-4-1)45-48-46(33-15-5-2-6-16-33)50-47(49-45)44-36(27-28-42-43(44)39-21-11-12-22-41(39)51-42)30-23-25-31(26-24-30)40-29-34-17-7-8-18-35(34)37-19-9-10-20-38(37)40/h1-29,34-35H. The molecule has 0 aliphatic heterocycles. The van der Waals surface area contributed by atoms with Gasteiger partial charge in [0.05, 0.1) is 0 Å². The fourth-order valence-corrected chi connectivity index (χ4v) is 7.70. The molecule has 2 heterocycles. The highest BCUT2D eigenvalue weighted by molar-refractivity contribution is 6.15. The van der Waals surface area contributed by atoms with Crippen LogP contribution in [0.25, 0.3) is 72.8 Å². The Morgan fingerprint density at radius 1 is 0.451 bits per heavy atom. The summed E-state index contributed by atoms with van der Waals surface area (Å²) >= 11 is 0. The Morgan fingerprint density at radius 3 is 1.84 bits per heavy atom. The molecule has 2 aromatic heterocycles. The average Bonchev–Trinajstić information content (AvgIpc) is 3.60. The van der Waals surface area contributed by atoms with Gasteiger partial charge < -0.3 is 4.42 Å². The number of hydrogen-bond donors (Lipinski definition) is 0. The third-order valence-electron chi connectivity index (χ3n) is 10.1. The lowest BCUT2D eigenvalue weighted by atomic mass is 9.73. The Kier molecular flexibility index (Phi) is 6.91. The maximum atomic E-state index is 6.42. The van der Waals surface area contributed by atoms with Crippen LogP contribution in [-0.4, -0.2) is 15.0 Å². The van der Waals surface area contributed by atoms with Gasteiger partial charge in [0, 0.05) is 39.3 Å². The Labute approximate surface area is 295 Å². The molecular formula is C47H31N3O. The van der Waals surface area contributed by atoms with Crippen molar-refractivity contribution < 1.29 is 4.42 Å². The predicted molar refractivity (Wildman–Crippen MR) is 207 cm³/mol. The number of hydrogen-bond acceptors (Lipinski definition) is 4. The molecule has 0 radical (unpaired) electrons. The summed E-state index contributed by atoms with van der Waals surface area (Å²) in [5.74, 6) is 2.56. The molecule has 8 aromatic rings. The molecular weight excluding hydrogens is 623 g/mol. The number of rotatable bonds is 5. The first kappa shape index (κ1) is 29.3. The Morgan fingerprint density at radius 2 is 1.08 bits per heavy atom. The third kappa shape index (κ3) is 5.03. The highest BCUT2D eigenvalue weighted by Gasteiger charge is 2.28. The summed E-state index contributed by atoms with van der Waals surface area (Å²) in [6, 6.07) is 50.4. The van der Waals surface area contributed by atoms with E-state index in [1.54, 1.807) is 0 Å². The first-order valence-electron chi connectivity index (χ1n) is 17.4. The summed E-state index contributed by atoms with van der Waals surface area (Å²) < 4.78 is 6.42. The molecule has 51 heavy (non-hydrogen) atoms. The molecule has 4 heteroatoms. The van der Waals surface area contributed by atoms with Crippen molar-refractivity contribution in [2.24, 2.45) is 5.92 Å². The molecule has 2 aliphatic rings. The summed E-state index contributed by atoms with van der Waals surface area (Å²) in [5, 5.41) is 2.01. The molecule has 0 saturated heterocycles. The van der Waals surface area contributed by atoms with Gasteiger partial charge in [-0.1, -0.05) is 158 Å². The van der Waals surface area contributed by atoms with E-state index in [4.69, 9.17) is 19.4 Å². The Bertz CT molecular complexity index is 2630. The molecule has 0 bridgehead atoms. The molecule has 2 atom stereocenters. The van der Waals surface area contributed by atoms with E-state index < -0.39 is 0 Å². The number of nitrogens with zero attached hydrogens (tertiary/aromatic N) is 3. The fraction of sp³-hybridized carbons (Fsp3) is 0.0426. The quantitative estimate of drug-likeness (QED) is 0.185. The number of para-hydroxylation sites is 1. The molecule has 6 aromatic carbocycles. The lowest BCUT2D eigenvalue weighted by Gasteiger charge is -2.31. The Balaban J connectivity index is 1.18. The number of benzene rings is 6. The van der Waals surface area contributed by atoms with Crippen molar-refractivity contribution in [1.82, 2.24) is 15.0 Å². The van der Waals surface area contributed by atoms with Crippen molar-refractivity contribution in [3.8, 4) is 45.3 Å². The maximum Gasteiger partial charge on any atom is 0.165 e. The van der Waals surface area contributed by atoms with Gasteiger partial charge >= 0.3 is 0 Å². The van der Waals surface area contributed by atoms with Gasteiger partial charge in [0.25, 0.3) is 0 Å². The monoisotopic (exact) mass is 653 g/mol. The molecule has 0 saturated carbocycles. The molecule has 0 amide bonds. The second-order valence-corrected chi connectivity index (χ2v) is 13.1. The van der Waals surface area contributed by atoms with Crippen LogP contribution in [0.2, 0.25) is 0 Å². The van der Waals surface area contributed by atoms with Crippen LogP contribution in [-0.2, 0) is 0 Å². The smallest absolute Gasteiger partial charge is 0.165 e. The average molecular weight is 654 g/mol. The zero-order valence-corrected chi connectivity index (χ0v) is 27.6. The highest BCUT2D eigenvalue weighted by atomic mass is 16.3. The van der Waals surface area contributed by atoms with Crippen molar-refractivity contribution in [3.05, 3.63) is 193 Å². The van der Waals surface area contributed by atoms with Crippen molar-refractivity contribution in [2.45, 2.75) is 5.92 Å². The van der Waals surface area contributed by atoms with Crippen LogP contribution >= 0.6 is 0 Å². The maximum absolute atomic E-state index is 6.42. The largest absolute Gasteiger partial charge is 0.456 e. The first-order chi connectivity index (χ1) is 25.3. The van der Waals surface area contributed by atoms with E-state index in [-0.39, 0.29) is 0 Å². The van der Waals surface area contributed by atoms with Crippen molar-refractivity contribution >= 4 is 27.5 Å². The van der Waals surface area contributed by atoms with E-state index in [1.807, 2.05) is 72.8 Å². The number of aromatic nitrogens is 3. The summed E-state index contributed by atoms with van der Waals surface area (Å²) in [7, 11) is 0. The van der Waals surface area contributed by atoms with E-state index in [9.17, 15) is 0 Å². The Hall–Kier alpha value is -6.65. The summed E-state index contributed by atoms with van der Waals surface area (Å²) in [6.07, 6.45) is 11.4. The van der Waals surface area contributed by atoms with Gasteiger partial charge in [-0.3, -0.25) is 0 Å². The van der Waals surface area contributed by atoms with Crippen LogP contribution in [0.1, 0.15) is 22.6 Å². The number of allylic oxidation sites excluding steroid dienone is 5. The number of fused-ring (bicyclic) bond motifs is 6. The highest BCUT2D eigenvalue weighted by Crippen LogP contribution is 2.45. The van der Waals surface area contributed by atoms with Gasteiger partial charge in [-0.05, 0) is 51.6 Å². The molecule has 2 unspecified atom stereocenters. The minimum Gasteiger partial charge on any atom is -0.456 e. The summed E-state index contributed by atoms with van der Waals surface area (Å²) in [6.45, 7) is 0. The van der Waals surface area contributed by atoms with E-state index in [0.717, 1.165) is 49.8 Å². The van der Waals surface area contributed by atoms with Crippen LogP contribution in [0, 0.1) is 5.92 Å². The van der Waals surface area contributed by atoms with Crippen LogP contribution in [0.4, 0.5) is 0 Å². The van der Waals surface area contributed by atoms with Gasteiger partial charge in [0.2, 0.25) is 0 Å². The second-order valence-electron chi connectivity index (χ2n) is 13.1. The molecule has 10 rings (SSSR count). The SMILES string of the molecule is C1=CC2C=C(c3ccc(-c4ccc5oc6ccccc6c5c4-c4nc(-c5ccccc5)nc(-c5ccccc5)n4)cc3)c3ccccc3C2C=C1. The van der Waals surface area contributed by atoms with Crippen LogP contribution in [0.15, 0.2) is 180 Å². The molecule has 240 valence electrons. The summed E-state index contributed by atoms with van der Waals surface area (Å²) in [5.41, 5.74) is 11.7. The minimum absolute atomic E-state index is 0.337. The first-order valence-corrected chi connectivity index (χ1v) is 17.4. The summed E-state index contributed by atoms with van der Waals surface area (Å²) in [4.78, 5) is 15.4. The van der Waals surface area contributed by atoms with Crippen molar-refractivity contribution in [3.63, 3.8) is 0 Å². The lowest BCUT2D eigenvalue weighted by Crippen LogP contribution is -2.16. The van der Waals surface area contributed by atoms with Crippen molar-refractivity contribution in [1.29, 1.82) is 0 Å². The van der Waals surface area contributed by atoms with Gasteiger partial charge in [-0.2, -0.15) is 0 Å².